The highest BCUT2D eigenvalue weighted by molar-refractivity contribution is 5.26. The van der Waals surface area contributed by atoms with E-state index in [0.29, 0.717) is 11.8 Å². The van der Waals surface area contributed by atoms with Crippen LogP contribution in [-0.2, 0) is 12.0 Å². The lowest BCUT2D eigenvalue weighted by molar-refractivity contribution is 0.388. The van der Waals surface area contributed by atoms with Gasteiger partial charge in [0.2, 0.25) is 0 Å². The number of benzene rings is 2. The van der Waals surface area contributed by atoms with Crippen molar-refractivity contribution in [2.45, 2.75) is 45.2 Å². The van der Waals surface area contributed by atoms with E-state index < -0.39 is 0 Å². The molecule has 0 aliphatic heterocycles. The van der Waals surface area contributed by atoms with Gasteiger partial charge in [-0.05, 0) is 42.0 Å². The molecule has 1 atom stereocenters. The predicted molar refractivity (Wildman–Crippen MR) is 88.5 cm³/mol. The Hall–Kier alpha value is -1.80. The van der Waals surface area contributed by atoms with Crippen LogP contribution in [0.2, 0.25) is 0 Å². The van der Waals surface area contributed by atoms with Crippen LogP contribution in [0.5, 0.6) is 5.75 Å². The Kier molecular flexibility index (Phi) is 5.03. The van der Waals surface area contributed by atoms with Crippen LogP contribution in [0.25, 0.3) is 0 Å². The second-order valence-electron chi connectivity index (χ2n) is 6.40. The highest BCUT2D eigenvalue weighted by atomic mass is 16.3. The zero-order valence-corrected chi connectivity index (χ0v) is 13.1. The van der Waals surface area contributed by atoms with E-state index in [4.69, 9.17) is 0 Å². The summed E-state index contributed by atoms with van der Waals surface area (Å²) in [5.41, 5.74) is 2.73. The smallest absolute Gasteiger partial charge is 0.115 e. The molecule has 0 saturated carbocycles. The molecule has 1 unspecified atom stereocenters. The number of rotatable bonds is 6. The quantitative estimate of drug-likeness (QED) is 0.831. The monoisotopic (exact) mass is 283 g/mol. The van der Waals surface area contributed by atoms with Crippen molar-refractivity contribution in [3.63, 3.8) is 0 Å². The Morgan fingerprint density at radius 2 is 1.62 bits per heavy atom. The molecule has 21 heavy (non-hydrogen) atoms. The summed E-state index contributed by atoms with van der Waals surface area (Å²) in [6.07, 6.45) is 1.08. The zero-order valence-electron chi connectivity index (χ0n) is 13.1. The molecule has 2 rings (SSSR count). The number of phenolic OH excluding ortho intramolecular Hbond substituents is 1. The van der Waals surface area contributed by atoms with E-state index in [1.807, 2.05) is 12.1 Å². The first kappa shape index (κ1) is 15.6. The number of aromatic hydroxyl groups is 1. The second kappa shape index (κ2) is 6.77. The van der Waals surface area contributed by atoms with Gasteiger partial charge in [-0.25, -0.2) is 0 Å². The van der Waals surface area contributed by atoms with E-state index in [2.05, 4.69) is 56.4 Å². The molecule has 112 valence electrons. The predicted octanol–water partition coefficient (Wildman–Crippen LogP) is 4.24. The maximum Gasteiger partial charge on any atom is 0.115 e. The lowest BCUT2D eigenvalue weighted by Crippen LogP contribution is -2.32. The fourth-order valence-corrected chi connectivity index (χ4v) is 2.75. The van der Waals surface area contributed by atoms with E-state index in [1.54, 1.807) is 12.1 Å². The Morgan fingerprint density at radius 1 is 1.00 bits per heavy atom. The summed E-state index contributed by atoms with van der Waals surface area (Å²) in [6.45, 7) is 7.64. The number of hydrogen-bond acceptors (Lipinski definition) is 2. The van der Waals surface area contributed by atoms with Crippen molar-refractivity contribution < 1.29 is 5.11 Å². The number of phenols is 1. The van der Waals surface area contributed by atoms with Gasteiger partial charge in [-0.3, -0.25) is 0 Å². The highest BCUT2D eigenvalue weighted by Gasteiger charge is 2.22. The van der Waals surface area contributed by atoms with Crippen LogP contribution in [0, 0.1) is 0 Å². The zero-order chi connectivity index (χ0) is 15.3. The van der Waals surface area contributed by atoms with E-state index in [0.717, 1.165) is 13.0 Å². The van der Waals surface area contributed by atoms with Crippen LogP contribution in [0.1, 0.15) is 38.3 Å². The van der Waals surface area contributed by atoms with Crippen LogP contribution in [-0.4, -0.2) is 11.1 Å². The first-order chi connectivity index (χ1) is 9.97. The number of nitrogens with one attached hydrogen (secondary N) is 1. The van der Waals surface area contributed by atoms with Crippen molar-refractivity contribution >= 4 is 0 Å². The molecule has 0 amide bonds. The SMILES string of the molecule is CC(CC(C)(C)c1ccccc1)NCc1ccc(O)cc1. The first-order valence-electron chi connectivity index (χ1n) is 7.54. The molecular weight excluding hydrogens is 258 g/mol. The van der Waals surface area contributed by atoms with Gasteiger partial charge in [0.05, 0.1) is 0 Å². The molecular formula is C19H25NO. The van der Waals surface area contributed by atoms with Gasteiger partial charge < -0.3 is 10.4 Å². The summed E-state index contributed by atoms with van der Waals surface area (Å²) in [5.74, 6) is 0.317. The summed E-state index contributed by atoms with van der Waals surface area (Å²) in [5, 5.41) is 12.9. The van der Waals surface area contributed by atoms with Crippen LogP contribution >= 0.6 is 0 Å². The Morgan fingerprint density at radius 3 is 2.24 bits per heavy atom. The average Bonchev–Trinajstić information content (AvgIpc) is 2.47. The first-order valence-corrected chi connectivity index (χ1v) is 7.54. The summed E-state index contributed by atoms with van der Waals surface area (Å²) < 4.78 is 0. The standard InChI is InChI=1S/C19H25NO/c1-15(20-14-16-9-11-18(21)12-10-16)13-19(2,3)17-7-5-4-6-8-17/h4-12,15,20-21H,13-14H2,1-3H3. The molecule has 0 radical (unpaired) electrons. The Labute approximate surface area is 127 Å². The van der Waals surface area contributed by atoms with Gasteiger partial charge in [0, 0.05) is 12.6 Å². The van der Waals surface area contributed by atoms with Gasteiger partial charge in [-0.15, -0.1) is 0 Å². The number of hydrogen-bond donors (Lipinski definition) is 2. The van der Waals surface area contributed by atoms with Crippen molar-refractivity contribution in [2.24, 2.45) is 0 Å². The van der Waals surface area contributed by atoms with Crippen molar-refractivity contribution in [1.82, 2.24) is 5.32 Å². The highest BCUT2D eigenvalue weighted by Crippen LogP contribution is 2.28. The van der Waals surface area contributed by atoms with Crippen molar-refractivity contribution in [1.29, 1.82) is 0 Å². The Bertz CT molecular complexity index is 546. The molecule has 2 aromatic rings. The van der Waals surface area contributed by atoms with Crippen LogP contribution in [0.3, 0.4) is 0 Å². The fraction of sp³-hybridized carbons (Fsp3) is 0.368. The topological polar surface area (TPSA) is 32.3 Å². The third-order valence-corrected chi connectivity index (χ3v) is 3.96. The minimum Gasteiger partial charge on any atom is -0.508 e. The minimum absolute atomic E-state index is 0.155. The van der Waals surface area contributed by atoms with Crippen molar-refractivity contribution in [3.8, 4) is 5.75 Å². The molecule has 2 N–H and O–H groups in total. The second-order valence-corrected chi connectivity index (χ2v) is 6.40. The van der Waals surface area contributed by atoms with Gasteiger partial charge in [0.1, 0.15) is 5.75 Å². The summed E-state index contributed by atoms with van der Waals surface area (Å²) in [4.78, 5) is 0. The van der Waals surface area contributed by atoms with Gasteiger partial charge in [-0.2, -0.15) is 0 Å². The van der Waals surface area contributed by atoms with E-state index in [1.165, 1.54) is 11.1 Å². The molecule has 0 bridgehead atoms. The van der Waals surface area contributed by atoms with Crippen molar-refractivity contribution in [2.75, 3.05) is 0 Å². The fourth-order valence-electron chi connectivity index (χ4n) is 2.75. The lowest BCUT2D eigenvalue weighted by Gasteiger charge is -2.29. The molecule has 0 aliphatic carbocycles. The van der Waals surface area contributed by atoms with E-state index in [9.17, 15) is 5.11 Å². The van der Waals surface area contributed by atoms with Crippen LogP contribution < -0.4 is 5.32 Å². The third kappa shape index (κ3) is 4.61. The molecule has 0 aromatic heterocycles. The summed E-state index contributed by atoms with van der Waals surface area (Å²) >= 11 is 0. The largest absolute Gasteiger partial charge is 0.508 e. The summed E-state index contributed by atoms with van der Waals surface area (Å²) in [7, 11) is 0. The maximum atomic E-state index is 9.29. The molecule has 0 heterocycles. The lowest BCUT2D eigenvalue weighted by atomic mass is 9.79. The van der Waals surface area contributed by atoms with Crippen LogP contribution in [0.4, 0.5) is 0 Å². The van der Waals surface area contributed by atoms with E-state index >= 15 is 0 Å². The normalized spacial score (nSPS) is 13.1. The van der Waals surface area contributed by atoms with Crippen LogP contribution in [0.15, 0.2) is 54.6 Å². The van der Waals surface area contributed by atoms with E-state index in [-0.39, 0.29) is 5.41 Å². The van der Waals surface area contributed by atoms with Gasteiger partial charge >= 0.3 is 0 Å². The minimum atomic E-state index is 0.155. The molecule has 0 saturated heterocycles. The molecule has 2 nitrogen and oxygen atoms in total. The average molecular weight is 283 g/mol. The maximum absolute atomic E-state index is 9.29. The third-order valence-electron chi connectivity index (χ3n) is 3.96. The van der Waals surface area contributed by atoms with Gasteiger partial charge in [-0.1, -0.05) is 56.3 Å². The van der Waals surface area contributed by atoms with Crippen molar-refractivity contribution in [3.05, 3.63) is 65.7 Å². The molecule has 2 heteroatoms. The molecule has 0 spiro atoms. The molecule has 0 aliphatic rings. The molecule has 2 aromatic carbocycles. The van der Waals surface area contributed by atoms with Gasteiger partial charge in [0.25, 0.3) is 0 Å². The Balaban J connectivity index is 1.89. The summed E-state index contributed by atoms with van der Waals surface area (Å²) in [6, 6.07) is 18.5. The van der Waals surface area contributed by atoms with Gasteiger partial charge in [0.15, 0.2) is 0 Å². The molecule has 0 fully saturated rings.